The minimum atomic E-state index is 0.823. The first-order valence-electron chi connectivity index (χ1n) is 9.22. The molecule has 2 heteroatoms. The van der Waals surface area contributed by atoms with Crippen molar-refractivity contribution in [1.82, 2.24) is 4.57 Å². The Kier molecular flexibility index (Phi) is 3.68. The summed E-state index contributed by atoms with van der Waals surface area (Å²) in [6, 6.07) is 34.0. The van der Waals surface area contributed by atoms with E-state index in [4.69, 9.17) is 5.73 Å². The molecule has 27 heavy (non-hydrogen) atoms. The number of aromatic nitrogens is 1. The number of hydrogen-bond donors (Lipinski definition) is 1. The van der Waals surface area contributed by atoms with E-state index in [1.165, 1.54) is 22.0 Å². The standard InChI is InChI=1S/C25H20N2/c26-22-12-7-13-24-25(22)21-17-19(16-18-8-3-1-4-9-18)14-15-23(21)27(24)20-10-5-2-6-11-20/h1-15,17H,16,26H2. The minimum absolute atomic E-state index is 0.823. The average Bonchev–Trinajstić information content (AvgIpc) is 3.04. The van der Waals surface area contributed by atoms with Gasteiger partial charge in [0.25, 0.3) is 0 Å². The van der Waals surface area contributed by atoms with Crippen LogP contribution in [0, 0.1) is 0 Å². The highest BCUT2D eigenvalue weighted by molar-refractivity contribution is 6.14. The first kappa shape index (κ1) is 15.7. The van der Waals surface area contributed by atoms with E-state index in [1.807, 2.05) is 18.2 Å². The molecule has 2 nitrogen and oxygen atoms in total. The molecule has 4 aromatic carbocycles. The molecule has 0 aliphatic heterocycles. The van der Waals surface area contributed by atoms with Gasteiger partial charge in [-0.1, -0.05) is 60.7 Å². The van der Waals surface area contributed by atoms with E-state index in [9.17, 15) is 0 Å². The first-order chi connectivity index (χ1) is 13.3. The number of nitrogens with zero attached hydrogens (tertiary/aromatic N) is 1. The lowest BCUT2D eigenvalue weighted by Crippen LogP contribution is -1.94. The van der Waals surface area contributed by atoms with Crippen LogP contribution in [0.1, 0.15) is 11.1 Å². The Balaban J connectivity index is 1.77. The second-order valence-corrected chi connectivity index (χ2v) is 6.93. The van der Waals surface area contributed by atoms with Crippen LogP contribution in [0.15, 0.2) is 97.1 Å². The molecule has 130 valence electrons. The lowest BCUT2D eigenvalue weighted by atomic mass is 10.0. The lowest BCUT2D eigenvalue weighted by molar-refractivity contribution is 1.17. The molecule has 1 heterocycles. The minimum Gasteiger partial charge on any atom is -0.398 e. The monoisotopic (exact) mass is 348 g/mol. The van der Waals surface area contributed by atoms with Gasteiger partial charge in [-0.2, -0.15) is 0 Å². The van der Waals surface area contributed by atoms with Crippen molar-refractivity contribution in [1.29, 1.82) is 0 Å². The van der Waals surface area contributed by atoms with E-state index in [-0.39, 0.29) is 0 Å². The fraction of sp³-hybridized carbons (Fsp3) is 0.0400. The smallest absolute Gasteiger partial charge is 0.0561 e. The number of anilines is 1. The predicted molar refractivity (Wildman–Crippen MR) is 114 cm³/mol. The van der Waals surface area contributed by atoms with Gasteiger partial charge in [0.2, 0.25) is 0 Å². The fourth-order valence-corrected chi connectivity index (χ4v) is 3.94. The van der Waals surface area contributed by atoms with E-state index < -0.39 is 0 Å². The topological polar surface area (TPSA) is 30.9 Å². The van der Waals surface area contributed by atoms with E-state index in [1.54, 1.807) is 0 Å². The number of nitrogens with two attached hydrogens (primary N) is 1. The Labute approximate surface area is 158 Å². The Morgan fingerprint density at radius 3 is 2.15 bits per heavy atom. The van der Waals surface area contributed by atoms with Crippen LogP contribution in [-0.4, -0.2) is 4.57 Å². The molecule has 5 aromatic rings. The molecule has 5 rings (SSSR count). The maximum atomic E-state index is 6.40. The molecule has 0 spiro atoms. The predicted octanol–water partition coefficient (Wildman–Crippen LogP) is 5.96. The fourth-order valence-electron chi connectivity index (χ4n) is 3.94. The number of nitrogen functional groups attached to an aromatic ring is 1. The number of hydrogen-bond acceptors (Lipinski definition) is 1. The molecule has 0 amide bonds. The van der Waals surface area contributed by atoms with Crippen LogP contribution in [0.4, 0.5) is 5.69 Å². The normalized spacial score (nSPS) is 11.3. The molecule has 0 saturated heterocycles. The van der Waals surface area contributed by atoms with Crippen molar-refractivity contribution in [3.05, 3.63) is 108 Å². The molecule has 2 N–H and O–H groups in total. The Morgan fingerprint density at radius 2 is 1.37 bits per heavy atom. The molecule has 0 fully saturated rings. The zero-order valence-electron chi connectivity index (χ0n) is 15.0. The van der Waals surface area contributed by atoms with Crippen molar-refractivity contribution in [2.75, 3.05) is 5.73 Å². The van der Waals surface area contributed by atoms with Crippen molar-refractivity contribution in [3.8, 4) is 5.69 Å². The average molecular weight is 348 g/mol. The van der Waals surface area contributed by atoms with Crippen LogP contribution in [0.5, 0.6) is 0 Å². The third-order valence-electron chi connectivity index (χ3n) is 5.15. The van der Waals surface area contributed by atoms with Crippen LogP contribution in [-0.2, 0) is 6.42 Å². The van der Waals surface area contributed by atoms with E-state index in [0.717, 1.165) is 28.7 Å². The summed E-state index contributed by atoms with van der Waals surface area (Å²) in [5.74, 6) is 0. The summed E-state index contributed by atoms with van der Waals surface area (Å²) < 4.78 is 2.30. The van der Waals surface area contributed by atoms with Crippen LogP contribution < -0.4 is 5.73 Å². The quantitative estimate of drug-likeness (QED) is 0.401. The number of fused-ring (bicyclic) bond motifs is 3. The maximum Gasteiger partial charge on any atom is 0.0561 e. The lowest BCUT2D eigenvalue weighted by Gasteiger charge is -2.08. The third-order valence-corrected chi connectivity index (χ3v) is 5.15. The number of para-hydroxylation sites is 1. The summed E-state index contributed by atoms with van der Waals surface area (Å²) >= 11 is 0. The van der Waals surface area contributed by atoms with Crippen LogP contribution in [0.2, 0.25) is 0 Å². The zero-order valence-corrected chi connectivity index (χ0v) is 15.0. The van der Waals surface area contributed by atoms with Gasteiger partial charge in [0.05, 0.1) is 11.0 Å². The molecule has 0 aliphatic rings. The summed E-state index contributed by atoms with van der Waals surface area (Å²) in [6.45, 7) is 0. The molecule has 0 radical (unpaired) electrons. The van der Waals surface area contributed by atoms with Crippen molar-refractivity contribution in [3.63, 3.8) is 0 Å². The van der Waals surface area contributed by atoms with Crippen LogP contribution in [0.25, 0.3) is 27.5 Å². The number of benzene rings is 4. The van der Waals surface area contributed by atoms with Crippen molar-refractivity contribution < 1.29 is 0 Å². The Hall–Kier alpha value is -3.52. The second-order valence-electron chi connectivity index (χ2n) is 6.93. The van der Waals surface area contributed by atoms with Gasteiger partial charge in [-0.15, -0.1) is 0 Å². The second kappa shape index (κ2) is 6.33. The van der Waals surface area contributed by atoms with Crippen molar-refractivity contribution in [2.24, 2.45) is 0 Å². The van der Waals surface area contributed by atoms with Gasteiger partial charge in [-0.05, 0) is 53.9 Å². The highest BCUT2D eigenvalue weighted by atomic mass is 15.0. The van der Waals surface area contributed by atoms with Gasteiger partial charge < -0.3 is 10.3 Å². The summed E-state index contributed by atoms with van der Waals surface area (Å²) in [7, 11) is 0. The van der Waals surface area contributed by atoms with Gasteiger partial charge >= 0.3 is 0 Å². The third kappa shape index (κ3) is 2.67. The highest BCUT2D eigenvalue weighted by Crippen LogP contribution is 2.36. The molecular weight excluding hydrogens is 328 g/mol. The Morgan fingerprint density at radius 1 is 0.630 bits per heavy atom. The van der Waals surface area contributed by atoms with Crippen LogP contribution in [0.3, 0.4) is 0 Å². The SMILES string of the molecule is Nc1cccc2c1c1cc(Cc3ccccc3)ccc1n2-c1ccccc1. The van der Waals surface area contributed by atoms with E-state index in [0.29, 0.717) is 0 Å². The van der Waals surface area contributed by atoms with E-state index >= 15 is 0 Å². The molecule has 0 unspecified atom stereocenters. The van der Waals surface area contributed by atoms with E-state index in [2.05, 4.69) is 83.4 Å². The molecule has 0 atom stereocenters. The highest BCUT2D eigenvalue weighted by Gasteiger charge is 2.14. The molecule has 0 aliphatic carbocycles. The molecule has 1 aromatic heterocycles. The zero-order chi connectivity index (χ0) is 18.2. The summed E-state index contributed by atoms with van der Waals surface area (Å²) in [5, 5.41) is 2.34. The molecule has 0 saturated carbocycles. The summed E-state index contributed by atoms with van der Waals surface area (Å²) in [4.78, 5) is 0. The largest absolute Gasteiger partial charge is 0.398 e. The first-order valence-corrected chi connectivity index (χ1v) is 9.22. The molecular formula is C25H20N2. The van der Waals surface area contributed by atoms with Crippen molar-refractivity contribution in [2.45, 2.75) is 6.42 Å². The maximum absolute atomic E-state index is 6.40. The van der Waals surface area contributed by atoms with Gasteiger partial charge in [-0.25, -0.2) is 0 Å². The molecule has 0 bridgehead atoms. The number of rotatable bonds is 3. The van der Waals surface area contributed by atoms with Gasteiger partial charge in [-0.3, -0.25) is 0 Å². The van der Waals surface area contributed by atoms with Crippen LogP contribution >= 0.6 is 0 Å². The van der Waals surface area contributed by atoms with Gasteiger partial charge in [0.15, 0.2) is 0 Å². The summed E-state index contributed by atoms with van der Waals surface area (Å²) in [6.07, 6.45) is 0.918. The Bertz CT molecular complexity index is 1240. The van der Waals surface area contributed by atoms with Gasteiger partial charge in [0, 0.05) is 22.1 Å². The summed E-state index contributed by atoms with van der Waals surface area (Å²) in [5.41, 5.74) is 13.3. The van der Waals surface area contributed by atoms with Gasteiger partial charge in [0.1, 0.15) is 0 Å². The van der Waals surface area contributed by atoms with Crippen molar-refractivity contribution >= 4 is 27.5 Å².